The largest absolute Gasteiger partial charge is 0.352 e. The summed E-state index contributed by atoms with van der Waals surface area (Å²) in [4.78, 5) is 12.3. The summed E-state index contributed by atoms with van der Waals surface area (Å²) in [6, 6.07) is 14.1. The number of fused-ring (bicyclic) bond motifs is 1. The van der Waals surface area contributed by atoms with Gasteiger partial charge >= 0.3 is 0 Å². The van der Waals surface area contributed by atoms with Crippen LogP contribution in [0.1, 0.15) is 22.3 Å². The molecule has 0 saturated carbocycles. The molecule has 23 heavy (non-hydrogen) atoms. The summed E-state index contributed by atoms with van der Waals surface area (Å²) in [5, 5.41) is 12.1. The Balaban J connectivity index is 1.62. The second-order valence-corrected chi connectivity index (χ2v) is 7.88. The van der Waals surface area contributed by atoms with Crippen molar-refractivity contribution in [2.45, 2.75) is 25.3 Å². The number of hydrogen-bond donors (Lipinski definition) is 1. The number of rotatable bonds is 3. The number of halogens is 2. The standard InChI is InChI=1S/C18H14BrIN2O/c19-15-4-12(5-16(20)9-15)6-18(23)22-17-7-13-2-1-11(10-21)3-14(13)8-17/h1-5,9,17H,6-8H2,(H,22,23). The average molecular weight is 481 g/mol. The van der Waals surface area contributed by atoms with E-state index in [0.29, 0.717) is 12.0 Å². The molecule has 0 bridgehead atoms. The van der Waals surface area contributed by atoms with Crippen molar-refractivity contribution in [3.63, 3.8) is 0 Å². The van der Waals surface area contributed by atoms with E-state index in [4.69, 9.17) is 5.26 Å². The molecule has 2 aromatic rings. The maximum Gasteiger partial charge on any atom is 0.224 e. The first-order valence-electron chi connectivity index (χ1n) is 7.30. The summed E-state index contributed by atoms with van der Waals surface area (Å²) in [7, 11) is 0. The minimum absolute atomic E-state index is 0.0391. The highest BCUT2D eigenvalue weighted by molar-refractivity contribution is 14.1. The zero-order valence-electron chi connectivity index (χ0n) is 12.3. The normalized spacial score (nSPS) is 15.8. The third-order valence-corrected chi connectivity index (χ3v) is 5.00. The third-order valence-electron chi connectivity index (χ3n) is 3.92. The van der Waals surface area contributed by atoms with Crippen molar-refractivity contribution >= 4 is 44.4 Å². The van der Waals surface area contributed by atoms with Crippen LogP contribution in [0.25, 0.3) is 0 Å². The van der Waals surface area contributed by atoms with Crippen LogP contribution in [0, 0.1) is 14.9 Å². The molecule has 1 aliphatic carbocycles. The van der Waals surface area contributed by atoms with Gasteiger partial charge < -0.3 is 5.32 Å². The van der Waals surface area contributed by atoms with E-state index in [0.717, 1.165) is 26.4 Å². The SMILES string of the molecule is N#Cc1ccc2c(c1)CC(NC(=O)Cc1cc(Br)cc(I)c1)C2. The van der Waals surface area contributed by atoms with Crippen molar-refractivity contribution in [2.24, 2.45) is 0 Å². The van der Waals surface area contributed by atoms with Crippen LogP contribution in [0.4, 0.5) is 0 Å². The molecule has 2 aromatic carbocycles. The predicted molar refractivity (Wildman–Crippen MR) is 101 cm³/mol. The van der Waals surface area contributed by atoms with E-state index in [1.54, 1.807) is 0 Å². The maximum absolute atomic E-state index is 12.3. The quantitative estimate of drug-likeness (QED) is 0.680. The van der Waals surface area contributed by atoms with Gasteiger partial charge in [0.25, 0.3) is 0 Å². The molecule has 0 fully saturated rings. The molecule has 0 radical (unpaired) electrons. The highest BCUT2D eigenvalue weighted by atomic mass is 127. The van der Waals surface area contributed by atoms with Crippen molar-refractivity contribution < 1.29 is 4.79 Å². The Bertz CT molecular complexity index is 793. The average Bonchev–Trinajstić information content (AvgIpc) is 2.86. The van der Waals surface area contributed by atoms with Gasteiger partial charge in [-0.05, 0) is 82.5 Å². The second-order valence-electron chi connectivity index (χ2n) is 5.72. The second kappa shape index (κ2) is 7.02. The van der Waals surface area contributed by atoms with Crippen LogP contribution in [0.5, 0.6) is 0 Å². The fourth-order valence-corrected chi connectivity index (χ4v) is 4.67. The van der Waals surface area contributed by atoms with Crippen LogP contribution < -0.4 is 5.32 Å². The van der Waals surface area contributed by atoms with Crippen molar-refractivity contribution in [2.75, 3.05) is 0 Å². The van der Waals surface area contributed by atoms with Gasteiger partial charge in [0.05, 0.1) is 18.1 Å². The number of amides is 1. The van der Waals surface area contributed by atoms with Gasteiger partial charge in [0, 0.05) is 14.1 Å². The molecular weight excluding hydrogens is 467 g/mol. The first-order valence-corrected chi connectivity index (χ1v) is 9.17. The first kappa shape index (κ1) is 16.5. The minimum atomic E-state index is 0.0391. The predicted octanol–water partition coefficient (Wildman–Crippen LogP) is 3.75. The number of carbonyl (C=O) groups excluding carboxylic acids is 1. The summed E-state index contributed by atoms with van der Waals surface area (Å²) in [6.07, 6.45) is 2.02. The molecule has 3 rings (SSSR count). The van der Waals surface area contributed by atoms with E-state index in [2.05, 4.69) is 49.9 Å². The van der Waals surface area contributed by atoms with E-state index < -0.39 is 0 Å². The zero-order chi connectivity index (χ0) is 16.4. The van der Waals surface area contributed by atoms with Crippen LogP contribution >= 0.6 is 38.5 Å². The van der Waals surface area contributed by atoms with Crippen molar-refractivity contribution in [3.05, 3.63) is 66.7 Å². The van der Waals surface area contributed by atoms with Crippen molar-refractivity contribution in [3.8, 4) is 6.07 Å². The van der Waals surface area contributed by atoms with Gasteiger partial charge in [-0.3, -0.25) is 4.79 Å². The fraction of sp³-hybridized carbons (Fsp3) is 0.222. The molecule has 0 spiro atoms. The highest BCUT2D eigenvalue weighted by Crippen LogP contribution is 2.23. The molecule has 1 aliphatic rings. The lowest BCUT2D eigenvalue weighted by molar-refractivity contribution is -0.121. The van der Waals surface area contributed by atoms with Crippen LogP contribution in [0.3, 0.4) is 0 Å². The molecule has 1 atom stereocenters. The third kappa shape index (κ3) is 4.12. The van der Waals surface area contributed by atoms with E-state index in [9.17, 15) is 4.79 Å². The lowest BCUT2D eigenvalue weighted by Gasteiger charge is -2.12. The Hall–Kier alpha value is -1.39. The molecule has 1 N–H and O–H groups in total. The van der Waals surface area contributed by atoms with E-state index in [-0.39, 0.29) is 11.9 Å². The lowest BCUT2D eigenvalue weighted by Crippen LogP contribution is -2.36. The Morgan fingerprint density at radius 3 is 2.78 bits per heavy atom. The Kier molecular flexibility index (Phi) is 5.02. The molecular formula is C18H14BrIN2O. The van der Waals surface area contributed by atoms with E-state index in [1.165, 1.54) is 11.1 Å². The molecule has 0 heterocycles. The lowest BCUT2D eigenvalue weighted by atomic mass is 10.1. The summed E-state index contributed by atoms with van der Waals surface area (Å²) in [5.74, 6) is 0.0391. The number of nitrogens with one attached hydrogen (secondary N) is 1. The Morgan fingerprint density at radius 1 is 1.26 bits per heavy atom. The summed E-state index contributed by atoms with van der Waals surface area (Å²) in [6.45, 7) is 0. The van der Waals surface area contributed by atoms with Gasteiger partial charge in [-0.2, -0.15) is 5.26 Å². The summed E-state index contributed by atoms with van der Waals surface area (Å²) >= 11 is 5.71. The number of carbonyl (C=O) groups is 1. The summed E-state index contributed by atoms with van der Waals surface area (Å²) < 4.78 is 2.10. The fourth-order valence-electron chi connectivity index (χ4n) is 2.97. The molecule has 1 unspecified atom stereocenters. The molecule has 0 aliphatic heterocycles. The Morgan fingerprint density at radius 2 is 2.04 bits per heavy atom. The number of nitriles is 1. The Labute approximate surface area is 157 Å². The van der Waals surface area contributed by atoms with Crippen molar-refractivity contribution in [1.29, 1.82) is 5.26 Å². The highest BCUT2D eigenvalue weighted by Gasteiger charge is 2.23. The minimum Gasteiger partial charge on any atom is -0.352 e. The number of nitrogens with zero attached hydrogens (tertiary/aromatic N) is 1. The van der Waals surface area contributed by atoms with Crippen LogP contribution in [-0.2, 0) is 24.1 Å². The smallest absolute Gasteiger partial charge is 0.224 e. The molecule has 5 heteroatoms. The van der Waals surface area contributed by atoms with E-state index >= 15 is 0 Å². The van der Waals surface area contributed by atoms with E-state index in [1.807, 2.05) is 36.4 Å². The number of benzene rings is 2. The maximum atomic E-state index is 12.3. The van der Waals surface area contributed by atoms with Crippen molar-refractivity contribution in [1.82, 2.24) is 5.32 Å². The molecule has 3 nitrogen and oxygen atoms in total. The van der Waals surface area contributed by atoms with Crippen LogP contribution in [-0.4, -0.2) is 11.9 Å². The molecule has 0 saturated heterocycles. The van der Waals surface area contributed by atoms with Crippen LogP contribution in [0.2, 0.25) is 0 Å². The number of hydrogen-bond acceptors (Lipinski definition) is 2. The van der Waals surface area contributed by atoms with Gasteiger partial charge in [-0.1, -0.05) is 22.0 Å². The van der Waals surface area contributed by atoms with Crippen LogP contribution in [0.15, 0.2) is 40.9 Å². The first-order chi connectivity index (χ1) is 11.0. The van der Waals surface area contributed by atoms with Gasteiger partial charge in [0.1, 0.15) is 0 Å². The molecule has 1 amide bonds. The molecule has 116 valence electrons. The van der Waals surface area contributed by atoms with Gasteiger partial charge in [-0.15, -0.1) is 0 Å². The van der Waals surface area contributed by atoms with Gasteiger partial charge in [0.2, 0.25) is 5.91 Å². The topological polar surface area (TPSA) is 52.9 Å². The molecule has 0 aromatic heterocycles. The van der Waals surface area contributed by atoms with Gasteiger partial charge in [-0.25, -0.2) is 0 Å². The monoisotopic (exact) mass is 480 g/mol. The zero-order valence-corrected chi connectivity index (χ0v) is 16.0. The van der Waals surface area contributed by atoms with Gasteiger partial charge in [0.15, 0.2) is 0 Å². The summed E-state index contributed by atoms with van der Waals surface area (Å²) in [5.41, 5.74) is 4.08.